The molecule has 0 radical (unpaired) electrons. The maximum atomic E-state index is 11.9. The second kappa shape index (κ2) is 9.20. The van der Waals surface area contributed by atoms with Gasteiger partial charge in [-0.3, -0.25) is 0 Å². The van der Waals surface area contributed by atoms with Gasteiger partial charge in [-0.25, -0.2) is 14.6 Å². The van der Waals surface area contributed by atoms with Crippen molar-refractivity contribution in [1.29, 1.82) is 0 Å². The van der Waals surface area contributed by atoms with Gasteiger partial charge in [0.25, 0.3) is 0 Å². The summed E-state index contributed by atoms with van der Waals surface area (Å²) in [6.45, 7) is 5.70. The number of carbonyl (C=O) groups is 2. The molecule has 0 unspecified atom stereocenters. The average molecular weight is 326 g/mol. The van der Waals surface area contributed by atoms with Crippen LogP contribution in [0.5, 0.6) is 0 Å². The summed E-state index contributed by atoms with van der Waals surface area (Å²) < 4.78 is 9.78. The number of hydrogen-bond donors (Lipinski definition) is 0. The lowest BCUT2D eigenvalue weighted by Crippen LogP contribution is -2.18. The molecule has 0 aliphatic heterocycles. The van der Waals surface area contributed by atoms with Crippen molar-refractivity contribution in [3.05, 3.63) is 34.1 Å². The maximum absolute atomic E-state index is 11.9. The monoisotopic (exact) mass is 325 g/mol. The van der Waals surface area contributed by atoms with Crippen LogP contribution < -0.4 is 0 Å². The van der Waals surface area contributed by atoms with Crippen molar-refractivity contribution >= 4 is 29.6 Å². The fourth-order valence-electron chi connectivity index (χ4n) is 1.81. The summed E-state index contributed by atoms with van der Waals surface area (Å²) in [5, 5.41) is 0.214. The van der Waals surface area contributed by atoms with Crippen molar-refractivity contribution < 1.29 is 19.1 Å². The Morgan fingerprint density at radius 1 is 1.18 bits per heavy atom. The van der Waals surface area contributed by atoms with Gasteiger partial charge >= 0.3 is 11.9 Å². The predicted molar refractivity (Wildman–Crippen MR) is 84.5 cm³/mol. The summed E-state index contributed by atoms with van der Waals surface area (Å²) in [5.74, 6) is -1.48. The quantitative estimate of drug-likeness (QED) is 0.253. The molecule has 0 spiro atoms. The van der Waals surface area contributed by atoms with Gasteiger partial charge in [-0.1, -0.05) is 24.9 Å². The number of ether oxygens (including phenoxy) is 2. The summed E-state index contributed by atoms with van der Waals surface area (Å²) in [5.41, 5.74) is 1.27. The first-order valence-corrected chi connectivity index (χ1v) is 7.61. The smallest absolute Gasteiger partial charge is 0.345 e. The number of pyridine rings is 1. The minimum atomic E-state index is -0.738. The number of nitrogens with zero attached hydrogens (tertiary/aromatic N) is 1. The lowest BCUT2D eigenvalue weighted by Gasteiger charge is -2.08. The number of hydrogen-bond acceptors (Lipinski definition) is 5. The minimum absolute atomic E-state index is 0.164. The highest BCUT2D eigenvalue weighted by Gasteiger charge is 2.21. The molecule has 0 fully saturated rings. The Bertz CT molecular complexity index is 549. The van der Waals surface area contributed by atoms with Gasteiger partial charge in [0.15, 0.2) is 0 Å². The topological polar surface area (TPSA) is 65.5 Å². The molecular formula is C16H20ClNO4. The van der Waals surface area contributed by atoms with Crippen molar-refractivity contribution in [2.45, 2.75) is 33.6 Å². The Morgan fingerprint density at radius 3 is 2.27 bits per heavy atom. The van der Waals surface area contributed by atoms with Gasteiger partial charge in [0.05, 0.1) is 13.2 Å². The summed E-state index contributed by atoms with van der Waals surface area (Å²) in [7, 11) is 0. The van der Waals surface area contributed by atoms with Crippen molar-refractivity contribution in [1.82, 2.24) is 4.98 Å². The van der Waals surface area contributed by atoms with Crippen LogP contribution in [0.3, 0.4) is 0 Å². The van der Waals surface area contributed by atoms with E-state index in [9.17, 15) is 9.59 Å². The zero-order valence-electron chi connectivity index (χ0n) is 13.0. The molecule has 1 aromatic rings. The number of esters is 2. The molecule has 5 nitrogen and oxygen atoms in total. The van der Waals surface area contributed by atoms with Crippen LogP contribution in [0.4, 0.5) is 0 Å². The molecule has 22 heavy (non-hydrogen) atoms. The SMILES string of the molecule is CCCc1cnc(Cl)c(C=C(C(=O)OCC)C(=O)OCC)c1. The molecule has 1 rings (SSSR count). The fraction of sp³-hybridized carbons (Fsp3) is 0.438. The minimum Gasteiger partial charge on any atom is -0.462 e. The summed E-state index contributed by atoms with van der Waals surface area (Å²) in [4.78, 5) is 27.9. The third kappa shape index (κ3) is 5.15. The molecule has 0 aromatic carbocycles. The van der Waals surface area contributed by atoms with E-state index in [4.69, 9.17) is 21.1 Å². The lowest BCUT2D eigenvalue weighted by molar-refractivity contribution is -0.146. The van der Waals surface area contributed by atoms with Gasteiger partial charge < -0.3 is 9.47 Å². The lowest BCUT2D eigenvalue weighted by atomic mass is 10.1. The van der Waals surface area contributed by atoms with Crippen molar-refractivity contribution in [3.8, 4) is 0 Å². The number of carbonyl (C=O) groups excluding carboxylic acids is 2. The zero-order valence-corrected chi connectivity index (χ0v) is 13.8. The van der Waals surface area contributed by atoms with E-state index in [0.717, 1.165) is 18.4 Å². The first-order valence-electron chi connectivity index (χ1n) is 7.23. The van der Waals surface area contributed by atoms with Crippen LogP contribution in [0, 0.1) is 0 Å². The van der Waals surface area contributed by atoms with Gasteiger partial charge in [-0.05, 0) is 38.0 Å². The molecule has 0 amide bonds. The van der Waals surface area contributed by atoms with Crippen LogP contribution in [0.2, 0.25) is 5.15 Å². The molecule has 0 saturated carbocycles. The highest BCUT2D eigenvalue weighted by Crippen LogP contribution is 2.20. The number of aryl methyl sites for hydroxylation is 1. The number of halogens is 1. The van der Waals surface area contributed by atoms with Crippen molar-refractivity contribution in [2.24, 2.45) is 0 Å². The molecular weight excluding hydrogens is 306 g/mol. The first-order chi connectivity index (χ1) is 10.5. The first kappa shape index (κ1) is 18.2. The second-order valence-corrected chi connectivity index (χ2v) is 4.83. The van der Waals surface area contributed by atoms with Gasteiger partial charge in [-0.15, -0.1) is 0 Å². The van der Waals surface area contributed by atoms with E-state index in [1.807, 2.05) is 6.92 Å². The largest absolute Gasteiger partial charge is 0.462 e. The van der Waals surface area contributed by atoms with Crippen LogP contribution in [-0.2, 0) is 25.5 Å². The Morgan fingerprint density at radius 2 is 1.77 bits per heavy atom. The number of rotatable bonds is 7. The molecule has 0 atom stereocenters. The highest BCUT2D eigenvalue weighted by molar-refractivity contribution is 6.31. The summed E-state index contributed by atoms with van der Waals surface area (Å²) in [6, 6.07) is 1.80. The van der Waals surface area contributed by atoms with Gasteiger partial charge in [0, 0.05) is 11.8 Å². The van der Waals surface area contributed by atoms with Gasteiger partial charge in [0.2, 0.25) is 0 Å². The van der Waals surface area contributed by atoms with Crippen LogP contribution in [-0.4, -0.2) is 30.1 Å². The molecule has 0 N–H and O–H groups in total. The Labute approximate surface area is 135 Å². The Balaban J connectivity index is 3.22. The molecule has 0 aliphatic rings. The van der Waals surface area contributed by atoms with E-state index in [2.05, 4.69) is 4.98 Å². The van der Waals surface area contributed by atoms with Crippen LogP contribution in [0.25, 0.3) is 6.08 Å². The van der Waals surface area contributed by atoms with E-state index in [-0.39, 0.29) is 23.9 Å². The summed E-state index contributed by atoms with van der Waals surface area (Å²) in [6.07, 6.45) is 4.83. The third-order valence-electron chi connectivity index (χ3n) is 2.75. The summed E-state index contributed by atoms with van der Waals surface area (Å²) >= 11 is 6.04. The normalized spacial score (nSPS) is 10.0. The standard InChI is InChI=1S/C16H20ClNO4/c1-4-7-11-8-12(14(17)18-10-11)9-13(15(19)21-5-2)16(20)22-6-3/h8-10H,4-7H2,1-3H3. The maximum Gasteiger partial charge on any atom is 0.345 e. The predicted octanol–water partition coefficient (Wildman–Crippen LogP) is 3.20. The molecule has 0 bridgehead atoms. The van der Waals surface area contributed by atoms with Crippen LogP contribution in [0.1, 0.15) is 38.3 Å². The number of aromatic nitrogens is 1. The van der Waals surface area contributed by atoms with Crippen molar-refractivity contribution in [3.63, 3.8) is 0 Å². The van der Waals surface area contributed by atoms with E-state index < -0.39 is 11.9 Å². The molecule has 0 aliphatic carbocycles. The van der Waals surface area contributed by atoms with E-state index in [0.29, 0.717) is 5.56 Å². The zero-order chi connectivity index (χ0) is 16.5. The van der Waals surface area contributed by atoms with Crippen LogP contribution in [0.15, 0.2) is 17.8 Å². The Kier molecular flexibility index (Phi) is 7.60. The van der Waals surface area contributed by atoms with Crippen molar-refractivity contribution in [2.75, 3.05) is 13.2 Å². The molecule has 120 valence electrons. The van der Waals surface area contributed by atoms with Gasteiger partial charge in [0.1, 0.15) is 10.7 Å². The molecule has 6 heteroatoms. The fourth-order valence-corrected chi connectivity index (χ4v) is 1.97. The highest BCUT2D eigenvalue weighted by atomic mass is 35.5. The second-order valence-electron chi connectivity index (χ2n) is 4.47. The van der Waals surface area contributed by atoms with E-state index in [1.165, 1.54) is 6.08 Å². The Hall–Kier alpha value is -1.88. The average Bonchev–Trinajstić information content (AvgIpc) is 2.48. The van der Waals surface area contributed by atoms with E-state index in [1.54, 1.807) is 26.1 Å². The third-order valence-corrected chi connectivity index (χ3v) is 3.07. The van der Waals surface area contributed by atoms with E-state index >= 15 is 0 Å². The van der Waals surface area contributed by atoms with Gasteiger partial charge in [-0.2, -0.15) is 0 Å². The molecule has 0 saturated heterocycles. The molecule has 1 heterocycles. The van der Waals surface area contributed by atoms with Crippen LogP contribution >= 0.6 is 11.6 Å². The molecule has 1 aromatic heterocycles.